The summed E-state index contributed by atoms with van der Waals surface area (Å²) in [5, 5.41) is 33.7. The Morgan fingerprint density at radius 2 is 1.46 bits per heavy atom. The first-order valence-electron chi connectivity index (χ1n) is 30.0. The van der Waals surface area contributed by atoms with E-state index in [2.05, 4.69) is 21.3 Å². The first-order valence-corrected chi connectivity index (χ1v) is 33.7. The highest BCUT2D eigenvalue weighted by Gasteiger charge is 2.46. The van der Waals surface area contributed by atoms with Crippen LogP contribution in [0.1, 0.15) is 144 Å². The maximum absolute atomic E-state index is 16.1. The predicted octanol–water partition coefficient (Wildman–Crippen LogP) is 10.3. The summed E-state index contributed by atoms with van der Waals surface area (Å²) in [7, 11) is -0.954. The summed E-state index contributed by atoms with van der Waals surface area (Å²) < 4.78 is 38.5. The Hall–Kier alpha value is -7.47. The molecule has 4 heterocycles. The summed E-state index contributed by atoms with van der Waals surface area (Å²) in [5.74, 6) is -11.4. The van der Waals surface area contributed by atoms with Crippen molar-refractivity contribution in [3.05, 3.63) is 122 Å². The van der Waals surface area contributed by atoms with Crippen molar-refractivity contribution in [1.29, 1.82) is 0 Å². The number of nitrogens with two attached hydrogens (primary N) is 1. The van der Waals surface area contributed by atoms with E-state index in [4.69, 9.17) is 57.0 Å². The minimum absolute atomic E-state index is 0.0127. The van der Waals surface area contributed by atoms with Gasteiger partial charge in [0.1, 0.15) is 41.1 Å². The van der Waals surface area contributed by atoms with Crippen LogP contribution in [0.2, 0.25) is 28.2 Å². The van der Waals surface area contributed by atoms with E-state index >= 15 is 24.0 Å². The monoisotopic (exact) mass is 1290 g/mol. The Kier molecular flexibility index (Phi) is 21.3. The molecule has 0 aromatic heterocycles. The number of carbonyl (C=O) groups is 7. The molecule has 0 saturated carbocycles. The molecule has 0 aliphatic carbocycles. The lowest BCUT2D eigenvalue weighted by molar-refractivity contribution is -0.137. The number of nitrogens with one attached hydrogen (secondary N) is 4. The van der Waals surface area contributed by atoms with Crippen molar-refractivity contribution in [3.63, 3.8) is 0 Å². The summed E-state index contributed by atoms with van der Waals surface area (Å²) in [5.41, 5.74) is 8.20. The van der Waals surface area contributed by atoms with Crippen LogP contribution in [0.25, 0.3) is 11.1 Å². The molecule has 9 rings (SSSR count). The molecule has 0 saturated heterocycles. The summed E-state index contributed by atoms with van der Waals surface area (Å²) in [6, 6.07) is 15.5. The van der Waals surface area contributed by atoms with Crippen LogP contribution in [0.4, 0.5) is 0 Å². The van der Waals surface area contributed by atoms with E-state index in [-0.39, 0.29) is 84.0 Å². The highest BCUT2D eigenvalue weighted by atomic mass is 35.5. The molecule has 24 heteroatoms. The number of ketones is 2. The lowest BCUT2D eigenvalue weighted by atomic mass is 9.71. The number of rotatable bonds is 13. The van der Waals surface area contributed by atoms with Gasteiger partial charge in [-0.05, 0) is 138 Å². The van der Waals surface area contributed by atoms with Crippen molar-refractivity contribution < 1.29 is 71.7 Å². The van der Waals surface area contributed by atoms with E-state index in [1.54, 1.807) is 74.5 Å². The molecule has 5 aromatic carbocycles. The number of amides is 5. The molecular formula is C66H80BCl2N5O15Si. The van der Waals surface area contributed by atoms with Gasteiger partial charge in [-0.15, -0.1) is 0 Å². The van der Waals surface area contributed by atoms with Gasteiger partial charge in [0.05, 0.1) is 50.2 Å². The van der Waals surface area contributed by atoms with Crippen molar-refractivity contribution in [2.75, 3.05) is 21.3 Å². The molecule has 90 heavy (non-hydrogen) atoms. The van der Waals surface area contributed by atoms with Gasteiger partial charge in [-0.25, -0.2) is 0 Å². The van der Waals surface area contributed by atoms with Crippen molar-refractivity contribution >= 4 is 79.7 Å². The highest BCUT2D eigenvalue weighted by molar-refractivity contribution is 6.74. The molecule has 5 aromatic rings. The number of hydrogen-bond acceptors (Lipinski definition) is 15. The fourth-order valence-electron chi connectivity index (χ4n) is 11.7. The van der Waals surface area contributed by atoms with Gasteiger partial charge in [0.15, 0.2) is 31.4 Å². The second-order valence-electron chi connectivity index (χ2n) is 25.5. The fourth-order valence-corrected chi connectivity index (χ4v) is 13.4. The van der Waals surface area contributed by atoms with Crippen LogP contribution in [0.15, 0.2) is 78.9 Å². The van der Waals surface area contributed by atoms with Crippen molar-refractivity contribution in [2.45, 2.75) is 148 Å². The number of ether oxygens (including phenoxy) is 5. The lowest BCUT2D eigenvalue weighted by Crippen LogP contribution is -2.53. The van der Waals surface area contributed by atoms with E-state index in [0.29, 0.717) is 29.5 Å². The second kappa shape index (κ2) is 28.0. The average molecular weight is 1290 g/mol. The van der Waals surface area contributed by atoms with Gasteiger partial charge < -0.3 is 65.2 Å². The largest absolute Gasteiger partial charge is 0.496 e. The van der Waals surface area contributed by atoms with Gasteiger partial charge in [0, 0.05) is 47.2 Å². The topological polar surface area (TPSA) is 289 Å². The number of carbonyl (C=O) groups excluding carboxylic acids is 7. The molecule has 0 fully saturated rings. The molecule has 480 valence electrons. The molecule has 5 amide bonds. The number of primary amides is 1. The molecule has 9 atom stereocenters. The van der Waals surface area contributed by atoms with Gasteiger partial charge in [0.2, 0.25) is 35.3 Å². The van der Waals surface area contributed by atoms with Crippen molar-refractivity contribution in [2.24, 2.45) is 23.5 Å². The second-order valence-corrected chi connectivity index (χ2v) is 31.1. The first kappa shape index (κ1) is 68.4. The van der Waals surface area contributed by atoms with Gasteiger partial charge in [-0.1, -0.05) is 89.9 Å². The Balaban J connectivity index is 1.42. The zero-order valence-electron chi connectivity index (χ0n) is 52.9. The van der Waals surface area contributed by atoms with E-state index in [0.717, 1.165) is 0 Å². The number of aryl methyl sites for hydroxylation is 1. The third kappa shape index (κ3) is 15.0. The third-order valence-corrected chi connectivity index (χ3v) is 22.5. The van der Waals surface area contributed by atoms with E-state index in [1.807, 2.05) is 54.6 Å². The smallest absolute Gasteiger partial charge is 0.480 e. The highest BCUT2D eigenvalue weighted by Crippen LogP contribution is 2.49. The lowest BCUT2D eigenvalue weighted by Gasteiger charge is -2.42. The standard InChI is InChI=1S/C66H80BCl2N5O15Si/c1-14-35(19-32(2)3)62(78)73-58-47(75)26-40(29-54(70)77)63(79)72-57-39-27-52(60(86-11)53(28-39)88-50-18-16-37(25-46(50)69)59(58)89-90(12,13)66(6,7)8)87-42-23-38(22-41(68)30-42)34(5)56-65(81)74-61(67(82)83)45-20-33(4)21-51(85-10)55(45)44-24-36(15-17-49(44)84-9)43(31-48(57)76)64(80)71-56/h15-18,20-25,27-28,30,32,34-35,40,43,56-59,61,82-83H,14,19,26,29,31H2,1-13H3,(H2,70,77)(H,71,80)(H,72,79)(H,73,78)(H,74,81)/t34-,35+,40+,43-,56+,57-,58+,59-,61-/m1/s1. The first-order chi connectivity index (χ1) is 42.4. The predicted molar refractivity (Wildman–Crippen MR) is 344 cm³/mol. The molecule has 0 radical (unpaired) electrons. The zero-order chi connectivity index (χ0) is 66.0. The van der Waals surface area contributed by atoms with Crippen molar-refractivity contribution in [3.8, 4) is 51.4 Å². The molecule has 4 aliphatic rings. The number of fused-ring (bicyclic) bond motifs is 19. The summed E-state index contributed by atoms with van der Waals surface area (Å²) in [6.45, 7) is 19.3. The SMILES string of the molecule is CC[C@@H](CC(C)C)C(=O)N[C@H]1C(=O)C[C@@H](CC(N)=O)C(=O)N[C@H]2C(=O)C[C@H]3C(=O)N[C@H](C(=O)N[C@@H](B(O)O)c4cc(C)cc(OC)c4-c4cc3ccc4OC)[C@H](C)c3cc(Cl)cc(c3)Oc3cc2cc(c3OC)Oc2ccc(cc2Cl)[C@H]1O[Si](C)(C)C(C)(C)C. The number of Topliss-reactive ketones (excluding diaryl/α,β-unsaturated/α-hetero) is 2. The maximum atomic E-state index is 16.1. The Morgan fingerprint density at radius 1 is 0.778 bits per heavy atom. The van der Waals surface area contributed by atoms with Crippen LogP contribution >= 0.6 is 23.2 Å². The molecule has 11 bridgehead atoms. The van der Waals surface area contributed by atoms with Crippen LogP contribution in [-0.4, -0.2) is 100.0 Å². The van der Waals surface area contributed by atoms with Crippen LogP contribution in [-0.2, 0) is 38.0 Å². The Bertz CT molecular complexity index is 3620. The molecule has 20 nitrogen and oxygen atoms in total. The molecular weight excluding hydrogens is 1210 g/mol. The minimum atomic E-state index is -2.91. The molecule has 4 aliphatic heterocycles. The van der Waals surface area contributed by atoms with Crippen LogP contribution in [0, 0.1) is 24.7 Å². The van der Waals surface area contributed by atoms with Gasteiger partial charge in [-0.2, -0.15) is 0 Å². The minimum Gasteiger partial charge on any atom is -0.496 e. The van der Waals surface area contributed by atoms with Gasteiger partial charge in [0.25, 0.3) is 0 Å². The van der Waals surface area contributed by atoms with Crippen LogP contribution in [0.3, 0.4) is 0 Å². The normalized spacial score (nSPS) is 21.8. The summed E-state index contributed by atoms with van der Waals surface area (Å²) in [6.07, 6.45) is -2.43. The van der Waals surface area contributed by atoms with Gasteiger partial charge in [-0.3, -0.25) is 33.6 Å². The summed E-state index contributed by atoms with van der Waals surface area (Å²) >= 11 is 14.2. The van der Waals surface area contributed by atoms with E-state index in [1.165, 1.54) is 39.5 Å². The number of methoxy groups -OCH3 is 3. The molecule has 0 unspecified atom stereocenters. The fraction of sp³-hybridized carbons (Fsp3) is 0.439. The summed E-state index contributed by atoms with van der Waals surface area (Å²) in [4.78, 5) is 106. The average Bonchev–Trinajstić information content (AvgIpc) is 0.895. The molecule has 8 N–H and O–H groups in total. The van der Waals surface area contributed by atoms with Gasteiger partial charge >= 0.3 is 7.12 Å². The van der Waals surface area contributed by atoms with Crippen LogP contribution in [0.5, 0.6) is 40.2 Å². The third-order valence-electron chi connectivity index (χ3n) is 17.5. The Labute approximate surface area is 536 Å². The van der Waals surface area contributed by atoms with E-state index < -0.39 is 135 Å². The number of hydrogen-bond donors (Lipinski definition) is 7. The Morgan fingerprint density at radius 3 is 2.07 bits per heavy atom. The van der Waals surface area contributed by atoms with Crippen molar-refractivity contribution in [1.82, 2.24) is 21.3 Å². The number of benzene rings is 5. The molecule has 0 spiro atoms. The van der Waals surface area contributed by atoms with E-state index in [9.17, 15) is 19.6 Å². The quantitative estimate of drug-likeness (QED) is 0.0540. The number of halogens is 2. The maximum Gasteiger partial charge on any atom is 0.480 e. The van der Waals surface area contributed by atoms with Crippen LogP contribution < -0.4 is 50.7 Å². The zero-order valence-corrected chi connectivity index (χ0v) is 55.4.